The quantitative estimate of drug-likeness (QED) is 0.155. The van der Waals surface area contributed by atoms with E-state index in [1.165, 1.54) is 11.3 Å². The minimum atomic E-state index is -1.73. The van der Waals surface area contributed by atoms with Crippen LogP contribution in [0.5, 0.6) is 0 Å². The van der Waals surface area contributed by atoms with E-state index in [2.05, 4.69) is 27.6 Å². The second kappa shape index (κ2) is 11.1. The third-order valence-corrected chi connectivity index (χ3v) is 5.90. The predicted molar refractivity (Wildman–Crippen MR) is 125 cm³/mol. The molecule has 0 radical (unpaired) electrons. The summed E-state index contributed by atoms with van der Waals surface area (Å²) in [6, 6.07) is 10.5. The molecule has 2 aliphatic rings. The van der Waals surface area contributed by atoms with E-state index in [4.69, 9.17) is 5.11 Å². The second-order valence-corrected chi connectivity index (χ2v) is 8.53. The van der Waals surface area contributed by atoms with Gasteiger partial charge in [0.1, 0.15) is 24.4 Å². The Bertz CT molecular complexity index is 1150. The van der Waals surface area contributed by atoms with Gasteiger partial charge in [0.05, 0.1) is 38.4 Å². The molecule has 1 aliphatic heterocycles. The smallest absolute Gasteiger partial charge is 0.247 e. The van der Waals surface area contributed by atoms with E-state index in [1.807, 2.05) is 0 Å². The molecule has 1 amide bonds. The zero-order chi connectivity index (χ0) is 23.3. The van der Waals surface area contributed by atoms with Crippen molar-refractivity contribution in [3.8, 4) is 10.6 Å². The molecule has 32 heavy (non-hydrogen) atoms. The number of aromatic nitrogens is 1. The highest BCUT2D eigenvalue weighted by atomic mass is 32.1. The van der Waals surface area contributed by atoms with Crippen LogP contribution in [0.2, 0.25) is 0 Å². The van der Waals surface area contributed by atoms with Crippen molar-refractivity contribution >= 4 is 52.0 Å². The Labute approximate surface area is 192 Å². The molecule has 4 atom stereocenters. The van der Waals surface area contributed by atoms with Crippen LogP contribution in [0.3, 0.4) is 0 Å². The fourth-order valence-electron chi connectivity index (χ4n) is 2.84. The van der Waals surface area contributed by atoms with Crippen LogP contribution in [0.1, 0.15) is 6.42 Å². The zero-order valence-corrected chi connectivity index (χ0v) is 18.5. The second-order valence-electron chi connectivity index (χ2n) is 7.00. The number of aliphatic hydroxyl groups excluding tert-OH is 5. The molecule has 0 saturated heterocycles. The van der Waals surface area contributed by atoms with Gasteiger partial charge in [0, 0.05) is 12.6 Å². The molecule has 3 rings (SSSR count). The molecule has 0 bridgehead atoms. The van der Waals surface area contributed by atoms with Crippen LogP contribution in [-0.2, 0) is 4.79 Å². The Morgan fingerprint density at radius 3 is 2.62 bits per heavy atom. The number of carbonyl (C=O) groups is 1. The Hall–Kier alpha value is -2.25. The first-order valence-electron chi connectivity index (χ1n) is 9.73. The van der Waals surface area contributed by atoms with E-state index >= 15 is 0 Å². The Kier molecular flexibility index (Phi) is 8.43. The van der Waals surface area contributed by atoms with Gasteiger partial charge in [-0.3, -0.25) is 9.79 Å². The number of aliphatic hydroxyl groups is 5. The van der Waals surface area contributed by atoms with E-state index in [-0.39, 0.29) is 12.3 Å². The predicted octanol–water partition coefficient (Wildman–Crippen LogP) is 0.286. The fraction of sp³-hybridized carbons (Fsp3) is 0.333. The molecule has 1 aromatic carbocycles. The van der Waals surface area contributed by atoms with Crippen molar-refractivity contribution in [1.82, 2.24) is 4.98 Å². The zero-order valence-electron chi connectivity index (χ0n) is 16.8. The van der Waals surface area contributed by atoms with Gasteiger partial charge in [-0.1, -0.05) is 0 Å². The number of nitrogens with zero attached hydrogens (tertiary/aromatic N) is 3. The lowest BCUT2D eigenvalue weighted by Gasteiger charge is -2.23. The molecule has 170 valence electrons. The van der Waals surface area contributed by atoms with Crippen LogP contribution in [0.25, 0.3) is 20.8 Å². The lowest BCUT2D eigenvalue weighted by Crippen LogP contribution is -2.46. The van der Waals surface area contributed by atoms with E-state index in [1.54, 1.807) is 36.4 Å². The Morgan fingerprint density at radius 2 is 1.91 bits per heavy atom. The minimum absolute atomic E-state index is 0.243. The summed E-state index contributed by atoms with van der Waals surface area (Å²) < 4.78 is 0.803. The molecule has 11 heteroatoms. The molecule has 1 aromatic rings. The summed E-state index contributed by atoms with van der Waals surface area (Å²) in [7, 11) is 0. The number of fused-ring (bicyclic) bond motifs is 2. The summed E-state index contributed by atoms with van der Waals surface area (Å²) in [6.07, 6.45) is -5.28. The summed E-state index contributed by atoms with van der Waals surface area (Å²) in [6.45, 7) is -0.756. The first-order valence-corrected chi connectivity index (χ1v) is 11.2. The molecule has 1 aliphatic carbocycles. The van der Waals surface area contributed by atoms with Crippen molar-refractivity contribution in [1.29, 1.82) is 0 Å². The van der Waals surface area contributed by atoms with Crippen LogP contribution < -0.4 is 5.36 Å². The van der Waals surface area contributed by atoms with Crippen molar-refractivity contribution < 1.29 is 30.3 Å². The molecule has 0 fully saturated rings. The molecule has 0 unspecified atom stereocenters. The average molecular weight is 478 g/mol. The van der Waals surface area contributed by atoms with Crippen molar-refractivity contribution in [2.75, 3.05) is 12.4 Å². The van der Waals surface area contributed by atoms with E-state index in [0.717, 1.165) is 27.0 Å². The Morgan fingerprint density at radius 1 is 1.12 bits per heavy atom. The van der Waals surface area contributed by atoms with Gasteiger partial charge in [0.2, 0.25) is 5.91 Å². The van der Waals surface area contributed by atoms with Crippen LogP contribution >= 0.6 is 24.0 Å². The fourth-order valence-corrected chi connectivity index (χ4v) is 4.06. The molecular weight excluding hydrogens is 454 g/mol. The first-order chi connectivity index (χ1) is 15.3. The van der Waals surface area contributed by atoms with Gasteiger partial charge in [0.25, 0.3) is 0 Å². The van der Waals surface area contributed by atoms with E-state index < -0.39 is 31.0 Å². The van der Waals surface area contributed by atoms with E-state index in [0.29, 0.717) is 16.8 Å². The van der Waals surface area contributed by atoms with Crippen molar-refractivity contribution in [3.05, 3.63) is 41.8 Å². The number of benzene rings is 2. The number of amides is 1. The van der Waals surface area contributed by atoms with Crippen molar-refractivity contribution in [2.45, 2.75) is 30.8 Å². The topological polar surface area (TPSA) is 156 Å². The molecule has 5 N–H and O–H groups in total. The number of rotatable bonds is 8. The molecule has 9 nitrogen and oxygen atoms in total. The highest BCUT2D eigenvalue weighted by molar-refractivity contribution is 7.80. The maximum absolute atomic E-state index is 11.8. The number of hydrogen-bond acceptors (Lipinski definition) is 10. The molecule has 0 spiro atoms. The van der Waals surface area contributed by atoms with Crippen molar-refractivity contribution in [3.63, 3.8) is 0 Å². The molecule has 0 saturated carbocycles. The van der Waals surface area contributed by atoms with Crippen LogP contribution in [0.4, 0.5) is 5.69 Å². The maximum atomic E-state index is 11.8. The largest absolute Gasteiger partial charge is 0.394 e. The third kappa shape index (κ3) is 5.95. The van der Waals surface area contributed by atoms with Gasteiger partial charge in [-0.15, -0.1) is 11.3 Å². The van der Waals surface area contributed by atoms with Gasteiger partial charge in [0.15, 0.2) is 0 Å². The molecular formula is C21H23N3O6S2. The summed E-state index contributed by atoms with van der Waals surface area (Å²) >= 11 is 5.47. The lowest BCUT2D eigenvalue weighted by molar-refractivity contribution is -0.117. The van der Waals surface area contributed by atoms with Crippen LogP contribution in [-0.4, -0.2) is 79.4 Å². The normalized spacial score (nSPS) is 16.5. The monoisotopic (exact) mass is 477 g/mol. The SMILES string of the molecule is O=C(CCS)N=c1ccc2nc3ccc(N=C[C@H](O)[C@H](O)[C@H](O)[C@H](O)CO)cc3sc-2c1. The highest BCUT2D eigenvalue weighted by Gasteiger charge is 2.29. The van der Waals surface area contributed by atoms with Gasteiger partial charge < -0.3 is 25.5 Å². The lowest BCUT2D eigenvalue weighted by atomic mass is 10.0. The minimum Gasteiger partial charge on any atom is -0.394 e. The number of thiol groups is 1. The Balaban J connectivity index is 1.87. The summed E-state index contributed by atoms with van der Waals surface area (Å²) in [5.74, 6) is 0.188. The van der Waals surface area contributed by atoms with Crippen LogP contribution in [0, 0.1) is 0 Å². The number of carbonyl (C=O) groups excluding carboxylic acids is 1. The van der Waals surface area contributed by atoms with Gasteiger partial charge >= 0.3 is 0 Å². The first kappa shape index (κ1) is 24.4. The summed E-state index contributed by atoms with van der Waals surface area (Å²) in [5.41, 5.74) is 1.97. The third-order valence-electron chi connectivity index (χ3n) is 4.58. The number of hydrogen-bond donors (Lipinski definition) is 6. The molecule has 0 aromatic heterocycles. The molecule has 1 heterocycles. The van der Waals surface area contributed by atoms with Crippen molar-refractivity contribution in [2.24, 2.45) is 9.98 Å². The highest BCUT2D eigenvalue weighted by Crippen LogP contribution is 2.31. The summed E-state index contributed by atoms with van der Waals surface area (Å²) in [4.78, 5) is 25.4. The van der Waals surface area contributed by atoms with Gasteiger partial charge in [-0.25, -0.2) is 9.98 Å². The maximum Gasteiger partial charge on any atom is 0.247 e. The average Bonchev–Trinajstić information content (AvgIpc) is 2.79. The van der Waals surface area contributed by atoms with Crippen LogP contribution in [0.15, 0.2) is 46.4 Å². The number of aliphatic imine (C=N–C) groups is 1. The van der Waals surface area contributed by atoms with E-state index in [9.17, 15) is 25.2 Å². The van der Waals surface area contributed by atoms with Gasteiger partial charge in [-0.05, 0) is 42.2 Å². The van der Waals surface area contributed by atoms with Gasteiger partial charge in [-0.2, -0.15) is 12.6 Å². The standard InChI is InChI=1S/C21H23N3O6S2/c25-10-16(27)21(30)20(29)15(26)9-22-11-1-3-13-17(7-11)32-18-8-12(2-4-14(18)24-13)23-19(28)5-6-31/h1-4,7-9,15-16,20-21,25-27,29-31H,5-6,10H2/t15-,16+,20-,21+/m0/s1. The summed E-state index contributed by atoms with van der Waals surface area (Å²) in [5, 5.41) is 48.3.